The lowest BCUT2D eigenvalue weighted by Gasteiger charge is -2.11. The van der Waals surface area contributed by atoms with Crippen LogP contribution in [0, 0.1) is 0 Å². The first-order valence-electron chi connectivity index (χ1n) is 7.16. The summed E-state index contributed by atoms with van der Waals surface area (Å²) in [5.74, 6) is 1.01. The van der Waals surface area contributed by atoms with Crippen LogP contribution >= 0.6 is 0 Å². The third-order valence-corrected chi connectivity index (χ3v) is 3.40. The number of hydrogen-bond donors (Lipinski definition) is 1. The molecule has 2 heterocycles. The minimum absolute atomic E-state index is 0.358. The zero-order valence-electron chi connectivity index (χ0n) is 12.1. The average molecular weight is 281 g/mol. The maximum atomic E-state index is 5.36. The molecule has 0 spiro atoms. The van der Waals surface area contributed by atoms with E-state index in [1.54, 1.807) is 6.26 Å². The summed E-state index contributed by atoms with van der Waals surface area (Å²) in [6.45, 7) is 2.96. The van der Waals surface area contributed by atoms with E-state index in [1.165, 1.54) is 5.56 Å². The van der Waals surface area contributed by atoms with Gasteiger partial charge in [0.2, 0.25) is 0 Å². The molecule has 4 heteroatoms. The molecule has 0 saturated carbocycles. The van der Waals surface area contributed by atoms with E-state index in [-0.39, 0.29) is 0 Å². The van der Waals surface area contributed by atoms with Crippen molar-refractivity contribution in [1.29, 1.82) is 0 Å². The van der Waals surface area contributed by atoms with Gasteiger partial charge in [-0.05, 0) is 31.2 Å². The lowest BCUT2D eigenvalue weighted by Crippen LogP contribution is -2.27. The standard InChI is InChI=1S/C17H19N3O/c1-14(10-17-8-5-9-21-17)18-11-15-12-19-20(13-15)16-6-3-2-4-7-16/h2-9,12-14,18H,10-11H2,1H3/t14-/m1/s1. The van der Waals surface area contributed by atoms with E-state index in [1.807, 2.05) is 53.3 Å². The van der Waals surface area contributed by atoms with Gasteiger partial charge in [0, 0.05) is 30.8 Å². The zero-order chi connectivity index (χ0) is 14.5. The number of hydrogen-bond acceptors (Lipinski definition) is 3. The average Bonchev–Trinajstić information content (AvgIpc) is 3.17. The van der Waals surface area contributed by atoms with Crippen LogP contribution in [0.2, 0.25) is 0 Å². The Morgan fingerprint density at radius 1 is 1.19 bits per heavy atom. The molecule has 108 valence electrons. The van der Waals surface area contributed by atoms with Crippen LogP contribution in [-0.4, -0.2) is 15.8 Å². The molecule has 0 saturated heterocycles. The first-order chi connectivity index (χ1) is 10.3. The summed E-state index contributed by atoms with van der Waals surface area (Å²) in [4.78, 5) is 0. The molecule has 4 nitrogen and oxygen atoms in total. The van der Waals surface area contributed by atoms with Crippen molar-refractivity contribution >= 4 is 0 Å². The van der Waals surface area contributed by atoms with E-state index in [4.69, 9.17) is 4.42 Å². The summed E-state index contributed by atoms with van der Waals surface area (Å²) in [5, 5.41) is 7.89. The quantitative estimate of drug-likeness (QED) is 0.754. The van der Waals surface area contributed by atoms with Gasteiger partial charge in [-0.1, -0.05) is 18.2 Å². The smallest absolute Gasteiger partial charge is 0.105 e. The maximum Gasteiger partial charge on any atom is 0.105 e. The molecule has 0 unspecified atom stereocenters. The van der Waals surface area contributed by atoms with E-state index < -0.39 is 0 Å². The Kier molecular flexibility index (Phi) is 4.17. The first-order valence-corrected chi connectivity index (χ1v) is 7.16. The second-order valence-corrected chi connectivity index (χ2v) is 5.19. The fraction of sp³-hybridized carbons (Fsp3) is 0.235. The number of para-hydroxylation sites is 1. The van der Waals surface area contributed by atoms with Gasteiger partial charge in [-0.25, -0.2) is 4.68 Å². The Morgan fingerprint density at radius 3 is 2.81 bits per heavy atom. The number of benzene rings is 1. The molecule has 0 aliphatic rings. The minimum Gasteiger partial charge on any atom is -0.469 e. The largest absolute Gasteiger partial charge is 0.469 e. The summed E-state index contributed by atoms with van der Waals surface area (Å²) in [6.07, 6.45) is 6.56. The molecule has 3 aromatic rings. The monoisotopic (exact) mass is 281 g/mol. The van der Waals surface area contributed by atoms with Gasteiger partial charge in [-0.3, -0.25) is 0 Å². The van der Waals surface area contributed by atoms with Crippen LogP contribution in [0.5, 0.6) is 0 Å². The van der Waals surface area contributed by atoms with Gasteiger partial charge < -0.3 is 9.73 Å². The Bertz CT molecular complexity index is 658. The van der Waals surface area contributed by atoms with Crippen molar-refractivity contribution in [2.24, 2.45) is 0 Å². The molecular formula is C17H19N3O. The van der Waals surface area contributed by atoms with Crippen LogP contribution in [0.1, 0.15) is 18.2 Å². The van der Waals surface area contributed by atoms with Crippen LogP contribution < -0.4 is 5.32 Å². The van der Waals surface area contributed by atoms with E-state index in [9.17, 15) is 0 Å². The Labute approximate surface area is 124 Å². The summed E-state index contributed by atoms with van der Waals surface area (Å²) in [7, 11) is 0. The molecule has 0 bridgehead atoms. The Morgan fingerprint density at radius 2 is 2.05 bits per heavy atom. The van der Waals surface area contributed by atoms with Crippen molar-refractivity contribution in [1.82, 2.24) is 15.1 Å². The lowest BCUT2D eigenvalue weighted by atomic mass is 10.2. The Balaban J connectivity index is 1.55. The normalized spacial score (nSPS) is 12.4. The highest BCUT2D eigenvalue weighted by molar-refractivity contribution is 5.30. The van der Waals surface area contributed by atoms with Gasteiger partial charge in [0.05, 0.1) is 18.1 Å². The van der Waals surface area contributed by atoms with Crippen molar-refractivity contribution < 1.29 is 4.42 Å². The van der Waals surface area contributed by atoms with Gasteiger partial charge in [0.25, 0.3) is 0 Å². The zero-order valence-corrected chi connectivity index (χ0v) is 12.1. The number of aromatic nitrogens is 2. The Hall–Kier alpha value is -2.33. The molecule has 2 aromatic heterocycles. The SMILES string of the molecule is C[C@H](Cc1ccco1)NCc1cnn(-c2ccccc2)c1. The second kappa shape index (κ2) is 6.41. The van der Waals surface area contributed by atoms with E-state index in [0.29, 0.717) is 6.04 Å². The van der Waals surface area contributed by atoms with E-state index in [0.717, 1.165) is 24.4 Å². The van der Waals surface area contributed by atoms with Crippen molar-refractivity contribution in [2.75, 3.05) is 0 Å². The first kappa shape index (κ1) is 13.6. The molecule has 0 amide bonds. The van der Waals surface area contributed by atoms with Crippen molar-refractivity contribution in [3.8, 4) is 5.69 Å². The molecule has 0 fully saturated rings. The minimum atomic E-state index is 0.358. The van der Waals surface area contributed by atoms with Crippen LogP contribution in [0.25, 0.3) is 5.69 Å². The van der Waals surface area contributed by atoms with E-state index in [2.05, 4.69) is 23.5 Å². The third kappa shape index (κ3) is 3.61. The predicted octanol–water partition coefficient (Wildman–Crippen LogP) is 3.19. The molecule has 0 aliphatic carbocycles. The highest BCUT2D eigenvalue weighted by Gasteiger charge is 2.06. The second-order valence-electron chi connectivity index (χ2n) is 5.19. The summed E-state index contributed by atoms with van der Waals surface area (Å²) < 4.78 is 7.26. The summed E-state index contributed by atoms with van der Waals surface area (Å²) in [5.41, 5.74) is 2.25. The molecule has 0 aliphatic heterocycles. The van der Waals surface area contributed by atoms with Crippen LogP contribution in [0.15, 0.2) is 65.5 Å². The molecule has 1 N–H and O–H groups in total. The van der Waals surface area contributed by atoms with Crippen molar-refractivity contribution in [2.45, 2.75) is 25.9 Å². The van der Waals surface area contributed by atoms with Crippen molar-refractivity contribution in [3.63, 3.8) is 0 Å². The molecular weight excluding hydrogens is 262 g/mol. The third-order valence-electron chi connectivity index (χ3n) is 3.40. The van der Waals surface area contributed by atoms with Gasteiger partial charge >= 0.3 is 0 Å². The molecule has 3 rings (SSSR count). The predicted molar refractivity (Wildman–Crippen MR) is 82.3 cm³/mol. The topological polar surface area (TPSA) is 43.0 Å². The molecule has 1 aromatic carbocycles. The van der Waals surface area contributed by atoms with E-state index >= 15 is 0 Å². The lowest BCUT2D eigenvalue weighted by molar-refractivity contribution is 0.456. The highest BCUT2D eigenvalue weighted by Crippen LogP contribution is 2.08. The fourth-order valence-corrected chi connectivity index (χ4v) is 2.27. The fourth-order valence-electron chi connectivity index (χ4n) is 2.27. The number of furan rings is 1. The van der Waals surface area contributed by atoms with Crippen LogP contribution in [-0.2, 0) is 13.0 Å². The number of nitrogens with one attached hydrogen (secondary N) is 1. The van der Waals surface area contributed by atoms with Crippen LogP contribution in [0.3, 0.4) is 0 Å². The highest BCUT2D eigenvalue weighted by atomic mass is 16.3. The summed E-state index contributed by atoms with van der Waals surface area (Å²) in [6, 6.07) is 14.4. The number of rotatable bonds is 6. The van der Waals surface area contributed by atoms with Crippen molar-refractivity contribution in [3.05, 3.63) is 72.4 Å². The maximum absolute atomic E-state index is 5.36. The van der Waals surface area contributed by atoms with Gasteiger partial charge in [0.15, 0.2) is 0 Å². The number of nitrogens with zero attached hydrogens (tertiary/aromatic N) is 2. The molecule has 0 radical (unpaired) electrons. The molecule has 21 heavy (non-hydrogen) atoms. The summed E-state index contributed by atoms with van der Waals surface area (Å²) >= 11 is 0. The van der Waals surface area contributed by atoms with Gasteiger partial charge in [0.1, 0.15) is 5.76 Å². The molecule has 1 atom stereocenters. The van der Waals surface area contributed by atoms with Gasteiger partial charge in [-0.2, -0.15) is 5.10 Å². The van der Waals surface area contributed by atoms with Crippen LogP contribution in [0.4, 0.5) is 0 Å². The van der Waals surface area contributed by atoms with Gasteiger partial charge in [-0.15, -0.1) is 0 Å².